The molecule has 0 aliphatic carbocycles. The lowest BCUT2D eigenvalue weighted by Crippen LogP contribution is -2.51. The van der Waals surface area contributed by atoms with Gasteiger partial charge < -0.3 is 10.6 Å². The number of hydrogen-bond donors (Lipinski definition) is 1. The van der Waals surface area contributed by atoms with Gasteiger partial charge in [0.1, 0.15) is 0 Å². The molecule has 2 unspecified atom stereocenters. The summed E-state index contributed by atoms with van der Waals surface area (Å²) in [5, 5.41) is 0. The first kappa shape index (κ1) is 14.5. The highest BCUT2D eigenvalue weighted by molar-refractivity contribution is 5.33. The quantitative estimate of drug-likeness (QED) is 0.902. The van der Waals surface area contributed by atoms with Crippen molar-refractivity contribution in [3.63, 3.8) is 0 Å². The average molecular weight is 261 g/mol. The predicted octanol–water partition coefficient (Wildman–Crippen LogP) is 1.94. The maximum absolute atomic E-state index is 6.42. The maximum atomic E-state index is 6.42. The monoisotopic (exact) mass is 261 g/mol. The van der Waals surface area contributed by atoms with E-state index in [4.69, 9.17) is 5.73 Å². The third kappa shape index (κ3) is 3.56. The van der Waals surface area contributed by atoms with Crippen LogP contribution in [0.1, 0.15) is 29.7 Å². The van der Waals surface area contributed by atoms with Gasteiger partial charge in [-0.05, 0) is 38.9 Å². The molecule has 0 aromatic heterocycles. The zero-order valence-corrected chi connectivity index (χ0v) is 12.7. The van der Waals surface area contributed by atoms with Gasteiger partial charge in [0.25, 0.3) is 0 Å². The molecule has 2 rings (SSSR count). The van der Waals surface area contributed by atoms with Gasteiger partial charge in [0.05, 0.1) is 0 Å². The molecule has 2 atom stereocenters. The van der Waals surface area contributed by atoms with Crippen LogP contribution in [0.15, 0.2) is 18.2 Å². The summed E-state index contributed by atoms with van der Waals surface area (Å²) in [4.78, 5) is 4.91. The Hall–Kier alpha value is -0.900. The molecule has 106 valence electrons. The Morgan fingerprint density at radius 1 is 1.32 bits per heavy atom. The van der Waals surface area contributed by atoms with Crippen molar-refractivity contribution in [1.29, 1.82) is 0 Å². The second kappa shape index (κ2) is 6.04. The van der Waals surface area contributed by atoms with Crippen LogP contribution >= 0.6 is 0 Å². The molecular weight excluding hydrogens is 234 g/mol. The summed E-state index contributed by atoms with van der Waals surface area (Å²) in [5.41, 5.74) is 10.3. The van der Waals surface area contributed by atoms with Crippen LogP contribution in [0, 0.1) is 13.8 Å². The summed E-state index contributed by atoms with van der Waals surface area (Å²) in [6.07, 6.45) is 0. The lowest BCUT2D eigenvalue weighted by Gasteiger charge is -2.38. The molecule has 3 nitrogen and oxygen atoms in total. The highest BCUT2D eigenvalue weighted by atomic mass is 15.3. The van der Waals surface area contributed by atoms with E-state index in [1.807, 2.05) is 0 Å². The Balaban J connectivity index is 2.01. The molecule has 0 radical (unpaired) electrons. The zero-order chi connectivity index (χ0) is 14.0. The first-order chi connectivity index (χ1) is 8.97. The fourth-order valence-corrected chi connectivity index (χ4v) is 2.83. The number of piperazine rings is 1. The van der Waals surface area contributed by atoms with E-state index in [1.54, 1.807) is 0 Å². The zero-order valence-electron chi connectivity index (χ0n) is 12.7. The molecular formula is C16H27N3. The smallest absolute Gasteiger partial charge is 0.0427 e. The lowest BCUT2D eigenvalue weighted by molar-refractivity contribution is 0.100. The molecule has 1 saturated heterocycles. The molecule has 0 bridgehead atoms. The van der Waals surface area contributed by atoms with E-state index >= 15 is 0 Å². The van der Waals surface area contributed by atoms with Gasteiger partial charge in [0.2, 0.25) is 0 Å². The molecule has 0 amide bonds. The van der Waals surface area contributed by atoms with Crippen molar-refractivity contribution in [3.05, 3.63) is 34.9 Å². The van der Waals surface area contributed by atoms with Crippen molar-refractivity contribution < 1.29 is 0 Å². The minimum atomic E-state index is 0.121. The van der Waals surface area contributed by atoms with Gasteiger partial charge in [0.15, 0.2) is 0 Å². The average Bonchev–Trinajstić information content (AvgIpc) is 2.36. The van der Waals surface area contributed by atoms with Gasteiger partial charge in [0, 0.05) is 38.3 Å². The number of rotatable bonds is 3. The summed E-state index contributed by atoms with van der Waals surface area (Å²) < 4.78 is 0. The van der Waals surface area contributed by atoms with Gasteiger partial charge in [-0.3, -0.25) is 4.90 Å². The van der Waals surface area contributed by atoms with E-state index in [1.165, 1.54) is 16.7 Å². The van der Waals surface area contributed by atoms with Crippen molar-refractivity contribution in [2.24, 2.45) is 5.73 Å². The van der Waals surface area contributed by atoms with Crippen LogP contribution in [-0.2, 0) is 0 Å². The molecule has 0 saturated carbocycles. The fourth-order valence-electron chi connectivity index (χ4n) is 2.83. The standard InChI is InChI=1S/C16H27N3/c1-12-5-6-13(2)15(9-12)16(17)11-19-8-7-18(4)14(3)10-19/h5-6,9,14,16H,7-8,10-11,17H2,1-4H3. The van der Waals surface area contributed by atoms with Gasteiger partial charge in [-0.1, -0.05) is 23.8 Å². The summed E-state index contributed by atoms with van der Waals surface area (Å²) in [6, 6.07) is 7.31. The number of hydrogen-bond acceptors (Lipinski definition) is 3. The number of likely N-dealkylation sites (N-methyl/N-ethyl adjacent to an activating group) is 1. The van der Waals surface area contributed by atoms with Crippen molar-refractivity contribution >= 4 is 0 Å². The van der Waals surface area contributed by atoms with E-state index in [2.05, 4.69) is 55.8 Å². The first-order valence-corrected chi connectivity index (χ1v) is 7.22. The van der Waals surface area contributed by atoms with Gasteiger partial charge in [-0.2, -0.15) is 0 Å². The van der Waals surface area contributed by atoms with E-state index in [0.29, 0.717) is 6.04 Å². The minimum Gasteiger partial charge on any atom is -0.323 e. The highest BCUT2D eigenvalue weighted by Gasteiger charge is 2.22. The minimum absolute atomic E-state index is 0.121. The van der Waals surface area contributed by atoms with Gasteiger partial charge >= 0.3 is 0 Å². The molecule has 19 heavy (non-hydrogen) atoms. The fraction of sp³-hybridized carbons (Fsp3) is 0.625. The van der Waals surface area contributed by atoms with Gasteiger partial charge in [-0.15, -0.1) is 0 Å². The molecule has 1 aromatic carbocycles. The Morgan fingerprint density at radius 3 is 2.74 bits per heavy atom. The Kier molecular flexibility index (Phi) is 4.61. The lowest BCUT2D eigenvalue weighted by atomic mass is 9.98. The van der Waals surface area contributed by atoms with Crippen molar-refractivity contribution in [3.8, 4) is 0 Å². The van der Waals surface area contributed by atoms with Crippen LogP contribution in [0.5, 0.6) is 0 Å². The van der Waals surface area contributed by atoms with E-state index in [-0.39, 0.29) is 6.04 Å². The van der Waals surface area contributed by atoms with Crippen LogP contribution in [0.2, 0.25) is 0 Å². The maximum Gasteiger partial charge on any atom is 0.0427 e. The van der Waals surface area contributed by atoms with Crippen molar-refractivity contribution in [2.75, 3.05) is 33.2 Å². The summed E-state index contributed by atoms with van der Waals surface area (Å²) >= 11 is 0. The SMILES string of the molecule is Cc1ccc(C)c(C(N)CN2CCN(C)C(C)C2)c1. The van der Waals surface area contributed by atoms with Crippen LogP contribution in [-0.4, -0.2) is 49.1 Å². The molecule has 1 heterocycles. The second-order valence-corrected chi connectivity index (χ2v) is 6.06. The van der Waals surface area contributed by atoms with E-state index < -0.39 is 0 Å². The third-order valence-corrected chi connectivity index (χ3v) is 4.33. The number of nitrogens with two attached hydrogens (primary N) is 1. The second-order valence-electron chi connectivity index (χ2n) is 6.06. The van der Waals surface area contributed by atoms with E-state index in [0.717, 1.165) is 26.2 Å². The number of benzene rings is 1. The van der Waals surface area contributed by atoms with Crippen LogP contribution in [0.4, 0.5) is 0 Å². The molecule has 1 aliphatic heterocycles. The van der Waals surface area contributed by atoms with Crippen molar-refractivity contribution in [1.82, 2.24) is 9.80 Å². The highest BCUT2D eigenvalue weighted by Crippen LogP contribution is 2.19. The molecule has 1 aliphatic rings. The van der Waals surface area contributed by atoms with Crippen LogP contribution < -0.4 is 5.73 Å². The van der Waals surface area contributed by atoms with Crippen LogP contribution in [0.25, 0.3) is 0 Å². The normalized spacial score (nSPS) is 23.5. The van der Waals surface area contributed by atoms with E-state index in [9.17, 15) is 0 Å². The number of aryl methyl sites for hydroxylation is 2. The molecule has 0 spiro atoms. The van der Waals surface area contributed by atoms with Crippen molar-refractivity contribution in [2.45, 2.75) is 32.9 Å². The summed E-state index contributed by atoms with van der Waals surface area (Å²) in [7, 11) is 2.20. The molecule has 2 N–H and O–H groups in total. The molecule has 3 heteroatoms. The molecule has 1 aromatic rings. The summed E-state index contributed by atoms with van der Waals surface area (Å²) in [6.45, 7) is 10.9. The predicted molar refractivity (Wildman–Crippen MR) is 81.4 cm³/mol. The molecule has 1 fully saturated rings. The Bertz CT molecular complexity index is 430. The Labute approximate surface area is 117 Å². The third-order valence-electron chi connectivity index (χ3n) is 4.33. The summed E-state index contributed by atoms with van der Waals surface area (Å²) in [5.74, 6) is 0. The number of nitrogens with zero attached hydrogens (tertiary/aromatic N) is 2. The van der Waals surface area contributed by atoms with Gasteiger partial charge in [-0.25, -0.2) is 0 Å². The topological polar surface area (TPSA) is 32.5 Å². The largest absolute Gasteiger partial charge is 0.323 e. The first-order valence-electron chi connectivity index (χ1n) is 7.22. The van der Waals surface area contributed by atoms with Crippen LogP contribution in [0.3, 0.4) is 0 Å². The Morgan fingerprint density at radius 2 is 2.05 bits per heavy atom.